The first kappa shape index (κ1) is 25.4. The number of carbonyl (C=O) groups excluding carboxylic acids is 3. The van der Waals surface area contributed by atoms with Gasteiger partial charge in [-0.3, -0.25) is 19.4 Å². The minimum Gasteiger partial charge on any atom is -0.497 e. The van der Waals surface area contributed by atoms with Crippen molar-refractivity contribution in [3.63, 3.8) is 0 Å². The average Bonchev–Trinajstić information content (AvgIpc) is 3.80. The molecule has 1 aliphatic carbocycles. The number of anilines is 2. The van der Waals surface area contributed by atoms with Crippen LogP contribution in [-0.4, -0.2) is 36.5 Å². The summed E-state index contributed by atoms with van der Waals surface area (Å²) in [5.74, 6) is 0.509. The van der Waals surface area contributed by atoms with Crippen molar-refractivity contribution in [2.45, 2.75) is 12.8 Å². The molecule has 0 atom stereocenters. The molecule has 1 heterocycles. The van der Waals surface area contributed by atoms with Crippen molar-refractivity contribution in [3.05, 3.63) is 118 Å². The van der Waals surface area contributed by atoms with Gasteiger partial charge < -0.3 is 9.64 Å². The number of methoxy groups -OCH3 is 1. The molecule has 3 aromatic carbocycles. The van der Waals surface area contributed by atoms with Gasteiger partial charge in [-0.1, -0.05) is 29.8 Å². The lowest BCUT2D eigenvalue weighted by Crippen LogP contribution is -2.20. The van der Waals surface area contributed by atoms with E-state index >= 15 is 0 Å². The van der Waals surface area contributed by atoms with E-state index in [1.807, 2.05) is 30.3 Å². The number of ketones is 2. The summed E-state index contributed by atoms with van der Waals surface area (Å²) in [7, 11) is 1.52. The van der Waals surface area contributed by atoms with Gasteiger partial charge >= 0.3 is 0 Å². The second-order valence-corrected chi connectivity index (χ2v) is 9.68. The highest BCUT2D eigenvalue weighted by Gasteiger charge is 2.26. The standard InChI is InChI=1S/C31H25ClN2O4/c1-38-27-4-2-3-21(16-27)30(36)28-13-7-22(15-23(28)19-35)31(37)29-14-12-26(17-33-29)34(18-20-5-6-20)25-10-8-24(32)9-11-25/h2-4,7-17,19-20H,5-6,18H2,1H3. The third-order valence-corrected chi connectivity index (χ3v) is 6.84. The van der Waals surface area contributed by atoms with Crippen LogP contribution < -0.4 is 9.64 Å². The molecule has 190 valence electrons. The first-order chi connectivity index (χ1) is 18.5. The number of hydrogen-bond donors (Lipinski definition) is 0. The molecule has 0 unspecified atom stereocenters. The highest BCUT2D eigenvalue weighted by Crippen LogP contribution is 2.35. The zero-order valence-electron chi connectivity index (χ0n) is 20.8. The van der Waals surface area contributed by atoms with E-state index < -0.39 is 0 Å². The predicted molar refractivity (Wildman–Crippen MR) is 147 cm³/mol. The van der Waals surface area contributed by atoms with Crippen molar-refractivity contribution in [1.82, 2.24) is 4.98 Å². The zero-order valence-corrected chi connectivity index (χ0v) is 21.5. The Morgan fingerprint density at radius 3 is 2.34 bits per heavy atom. The minimum atomic E-state index is -0.333. The highest BCUT2D eigenvalue weighted by molar-refractivity contribution is 6.30. The number of carbonyl (C=O) groups is 3. The van der Waals surface area contributed by atoms with Crippen LogP contribution in [-0.2, 0) is 0 Å². The molecule has 1 fully saturated rings. The molecule has 1 aliphatic rings. The summed E-state index contributed by atoms with van der Waals surface area (Å²) in [6.45, 7) is 0.863. The smallest absolute Gasteiger partial charge is 0.211 e. The molecule has 38 heavy (non-hydrogen) atoms. The topological polar surface area (TPSA) is 76.6 Å². The molecule has 0 aliphatic heterocycles. The molecular formula is C31H25ClN2O4. The van der Waals surface area contributed by atoms with Crippen LogP contribution in [0, 0.1) is 5.92 Å². The lowest BCUT2D eigenvalue weighted by molar-refractivity contribution is 0.102. The van der Waals surface area contributed by atoms with Crippen molar-refractivity contribution < 1.29 is 19.1 Å². The van der Waals surface area contributed by atoms with Gasteiger partial charge in [0, 0.05) is 39.5 Å². The molecule has 0 radical (unpaired) electrons. The second kappa shape index (κ2) is 11.0. The molecule has 6 nitrogen and oxygen atoms in total. The van der Waals surface area contributed by atoms with Gasteiger partial charge in [0.25, 0.3) is 0 Å². The fourth-order valence-electron chi connectivity index (χ4n) is 4.30. The van der Waals surface area contributed by atoms with Crippen molar-refractivity contribution >= 4 is 40.8 Å². The molecule has 0 bridgehead atoms. The fraction of sp³-hybridized carbons (Fsp3) is 0.161. The number of rotatable bonds is 10. The van der Waals surface area contributed by atoms with Gasteiger partial charge in [0.2, 0.25) is 5.78 Å². The van der Waals surface area contributed by atoms with Crippen LogP contribution in [0.4, 0.5) is 11.4 Å². The van der Waals surface area contributed by atoms with Crippen LogP contribution in [0.1, 0.15) is 55.2 Å². The Labute approximate surface area is 225 Å². The summed E-state index contributed by atoms with van der Waals surface area (Å²) in [6.07, 6.45) is 4.67. The van der Waals surface area contributed by atoms with Crippen molar-refractivity contribution in [3.8, 4) is 5.75 Å². The lowest BCUT2D eigenvalue weighted by Gasteiger charge is -2.25. The van der Waals surface area contributed by atoms with Crippen LogP contribution in [0.25, 0.3) is 0 Å². The number of ether oxygens (including phenoxy) is 1. The van der Waals surface area contributed by atoms with Crippen LogP contribution in [0.5, 0.6) is 5.75 Å². The summed E-state index contributed by atoms with van der Waals surface area (Å²) in [4.78, 5) is 44.7. The van der Waals surface area contributed by atoms with E-state index in [9.17, 15) is 14.4 Å². The van der Waals surface area contributed by atoms with E-state index in [1.54, 1.807) is 42.6 Å². The van der Waals surface area contributed by atoms with E-state index in [4.69, 9.17) is 16.3 Å². The molecule has 7 heteroatoms. The van der Waals surface area contributed by atoms with Crippen LogP contribution in [0.3, 0.4) is 0 Å². The maximum Gasteiger partial charge on any atom is 0.211 e. The molecule has 0 saturated heterocycles. The minimum absolute atomic E-state index is 0.138. The Balaban J connectivity index is 1.39. The van der Waals surface area contributed by atoms with Gasteiger partial charge in [-0.15, -0.1) is 0 Å². The average molecular weight is 525 g/mol. The summed E-state index contributed by atoms with van der Waals surface area (Å²) in [5, 5.41) is 0.671. The lowest BCUT2D eigenvalue weighted by atomic mass is 9.95. The van der Waals surface area contributed by atoms with E-state index in [0.29, 0.717) is 28.5 Å². The Hall–Kier alpha value is -4.29. The first-order valence-electron chi connectivity index (χ1n) is 12.3. The van der Waals surface area contributed by atoms with E-state index in [0.717, 1.165) is 17.9 Å². The normalized spacial score (nSPS) is 12.6. The highest BCUT2D eigenvalue weighted by atomic mass is 35.5. The Bertz CT molecular complexity index is 1500. The fourth-order valence-corrected chi connectivity index (χ4v) is 4.42. The number of halogens is 1. The first-order valence-corrected chi connectivity index (χ1v) is 12.7. The maximum atomic E-state index is 13.2. The number of benzene rings is 3. The van der Waals surface area contributed by atoms with Gasteiger partial charge in [0.05, 0.1) is 19.0 Å². The summed E-state index contributed by atoms with van der Waals surface area (Å²) in [5.41, 5.74) is 3.16. The van der Waals surface area contributed by atoms with Gasteiger partial charge in [0.1, 0.15) is 11.4 Å². The van der Waals surface area contributed by atoms with Crippen molar-refractivity contribution in [2.75, 3.05) is 18.6 Å². The van der Waals surface area contributed by atoms with Gasteiger partial charge in [-0.2, -0.15) is 0 Å². The SMILES string of the molecule is COc1cccc(C(=O)c2ccc(C(=O)c3ccc(N(CC4CC4)c4ccc(Cl)cc4)cn3)cc2C=O)c1. The third kappa shape index (κ3) is 5.50. The molecule has 5 rings (SSSR count). The van der Waals surface area contributed by atoms with Crippen LogP contribution in [0.2, 0.25) is 5.02 Å². The molecular weight excluding hydrogens is 500 g/mol. The third-order valence-electron chi connectivity index (χ3n) is 6.59. The predicted octanol–water partition coefficient (Wildman–Crippen LogP) is 6.57. The molecule has 4 aromatic rings. The second-order valence-electron chi connectivity index (χ2n) is 9.24. The summed E-state index contributed by atoms with van der Waals surface area (Å²) >= 11 is 6.07. The number of aromatic nitrogens is 1. The van der Waals surface area contributed by atoms with Gasteiger partial charge in [-0.05, 0) is 79.4 Å². The number of pyridine rings is 1. The van der Waals surface area contributed by atoms with E-state index in [2.05, 4.69) is 9.88 Å². The Morgan fingerprint density at radius 1 is 0.947 bits per heavy atom. The largest absolute Gasteiger partial charge is 0.497 e. The molecule has 1 aromatic heterocycles. The monoisotopic (exact) mass is 524 g/mol. The Morgan fingerprint density at radius 2 is 1.68 bits per heavy atom. The molecule has 0 amide bonds. The van der Waals surface area contributed by atoms with Crippen LogP contribution in [0.15, 0.2) is 85.1 Å². The molecule has 1 saturated carbocycles. The maximum absolute atomic E-state index is 13.2. The summed E-state index contributed by atoms with van der Waals surface area (Å²) < 4.78 is 5.19. The number of aldehydes is 1. The quantitative estimate of drug-likeness (QED) is 0.172. The Kier molecular flexibility index (Phi) is 7.33. The number of nitrogens with zero attached hydrogens (tertiary/aromatic N) is 2. The van der Waals surface area contributed by atoms with E-state index in [1.165, 1.54) is 32.1 Å². The number of hydrogen-bond acceptors (Lipinski definition) is 6. The van der Waals surface area contributed by atoms with Crippen molar-refractivity contribution in [2.24, 2.45) is 5.92 Å². The zero-order chi connectivity index (χ0) is 26.6. The molecule has 0 spiro atoms. The molecule has 0 N–H and O–H groups in total. The summed E-state index contributed by atoms with van der Waals surface area (Å²) in [6, 6.07) is 22.4. The van der Waals surface area contributed by atoms with Crippen molar-refractivity contribution in [1.29, 1.82) is 0 Å². The van der Waals surface area contributed by atoms with Crippen LogP contribution >= 0.6 is 11.6 Å². The van der Waals surface area contributed by atoms with E-state index in [-0.39, 0.29) is 34.0 Å². The van der Waals surface area contributed by atoms with Gasteiger partial charge in [-0.25, -0.2) is 0 Å². The van der Waals surface area contributed by atoms with Gasteiger partial charge in [0.15, 0.2) is 12.1 Å².